The number of hydrogen-bond acceptors (Lipinski definition) is 4. The zero-order valence-electron chi connectivity index (χ0n) is 13.7. The fourth-order valence-electron chi connectivity index (χ4n) is 2.02. The van der Waals surface area contributed by atoms with E-state index in [1.807, 2.05) is 31.2 Å². The molecule has 5 nitrogen and oxygen atoms in total. The van der Waals surface area contributed by atoms with Crippen LogP contribution in [-0.4, -0.2) is 25.3 Å². The third-order valence-corrected chi connectivity index (χ3v) is 3.56. The summed E-state index contributed by atoms with van der Waals surface area (Å²) in [5, 5.41) is 4.57. The number of halogens is 1. The van der Waals surface area contributed by atoms with Gasteiger partial charge in [-0.15, -0.1) is 0 Å². The van der Waals surface area contributed by atoms with Gasteiger partial charge in [-0.25, -0.2) is 5.43 Å². The summed E-state index contributed by atoms with van der Waals surface area (Å²) in [7, 11) is 1.58. The van der Waals surface area contributed by atoms with Crippen molar-refractivity contribution in [3.05, 3.63) is 58.6 Å². The van der Waals surface area contributed by atoms with Crippen LogP contribution in [0.3, 0.4) is 0 Å². The third kappa shape index (κ3) is 4.73. The Morgan fingerprint density at radius 1 is 1.25 bits per heavy atom. The van der Waals surface area contributed by atoms with E-state index in [1.165, 1.54) is 6.21 Å². The predicted molar refractivity (Wildman–Crippen MR) is 95.0 cm³/mol. The Kier molecular flexibility index (Phi) is 6.21. The molecular formula is C18H19ClN2O3. The van der Waals surface area contributed by atoms with Crippen LogP contribution in [0.1, 0.15) is 18.1 Å². The Morgan fingerprint density at radius 3 is 2.71 bits per heavy atom. The number of para-hydroxylation sites is 1. The predicted octanol–water partition coefficient (Wildman–Crippen LogP) is 3.57. The van der Waals surface area contributed by atoms with Gasteiger partial charge in [0, 0.05) is 10.6 Å². The Balaban J connectivity index is 1.95. The van der Waals surface area contributed by atoms with Crippen molar-refractivity contribution in [2.75, 3.05) is 7.11 Å². The van der Waals surface area contributed by atoms with Gasteiger partial charge in [0.25, 0.3) is 5.91 Å². The lowest BCUT2D eigenvalue weighted by molar-refractivity contribution is -0.127. The van der Waals surface area contributed by atoms with Crippen molar-refractivity contribution in [1.82, 2.24) is 5.43 Å². The molecule has 1 N–H and O–H groups in total. The van der Waals surface area contributed by atoms with Crippen molar-refractivity contribution >= 4 is 23.7 Å². The van der Waals surface area contributed by atoms with Crippen LogP contribution in [0.2, 0.25) is 5.02 Å². The molecular weight excluding hydrogens is 328 g/mol. The van der Waals surface area contributed by atoms with Crippen molar-refractivity contribution in [3.8, 4) is 11.5 Å². The molecule has 0 aliphatic carbocycles. The van der Waals surface area contributed by atoms with E-state index in [-0.39, 0.29) is 5.91 Å². The van der Waals surface area contributed by atoms with Gasteiger partial charge in [-0.2, -0.15) is 5.10 Å². The van der Waals surface area contributed by atoms with Gasteiger partial charge in [-0.3, -0.25) is 4.79 Å². The van der Waals surface area contributed by atoms with Crippen LogP contribution >= 0.6 is 11.6 Å². The first kappa shape index (κ1) is 17.8. The highest BCUT2D eigenvalue weighted by atomic mass is 35.5. The Labute approximate surface area is 146 Å². The molecule has 6 heteroatoms. The van der Waals surface area contributed by atoms with Gasteiger partial charge in [0.1, 0.15) is 11.5 Å². The van der Waals surface area contributed by atoms with Gasteiger partial charge in [-0.05, 0) is 49.7 Å². The van der Waals surface area contributed by atoms with Gasteiger partial charge < -0.3 is 9.47 Å². The van der Waals surface area contributed by atoms with Gasteiger partial charge in [0.05, 0.1) is 13.3 Å². The Hall–Kier alpha value is -2.53. The molecule has 0 fully saturated rings. The average molecular weight is 347 g/mol. The zero-order chi connectivity index (χ0) is 17.5. The molecule has 1 amide bonds. The number of ether oxygens (including phenoxy) is 2. The lowest BCUT2D eigenvalue weighted by atomic mass is 10.2. The van der Waals surface area contributed by atoms with Crippen molar-refractivity contribution in [3.63, 3.8) is 0 Å². The Morgan fingerprint density at radius 2 is 2.00 bits per heavy atom. The minimum Gasteiger partial charge on any atom is -0.496 e. The molecule has 126 valence electrons. The number of rotatable bonds is 6. The summed E-state index contributed by atoms with van der Waals surface area (Å²) in [5.41, 5.74) is 4.08. The maximum absolute atomic E-state index is 12.1. The molecule has 0 heterocycles. The molecule has 0 saturated carbocycles. The molecule has 0 spiro atoms. The minimum atomic E-state index is -0.695. The number of carbonyl (C=O) groups excluding carboxylic acids is 1. The summed E-state index contributed by atoms with van der Waals surface area (Å²) in [4.78, 5) is 12.1. The number of nitrogens with zero attached hydrogens (tertiary/aromatic N) is 1. The summed E-state index contributed by atoms with van der Waals surface area (Å²) in [6, 6.07) is 12.6. The first-order valence-electron chi connectivity index (χ1n) is 7.40. The molecule has 1 atom stereocenters. The third-order valence-electron chi connectivity index (χ3n) is 3.33. The monoisotopic (exact) mass is 346 g/mol. The molecule has 0 aromatic heterocycles. The highest BCUT2D eigenvalue weighted by molar-refractivity contribution is 6.30. The van der Waals surface area contributed by atoms with Gasteiger partial charge in [0.15, 0.2) is 6.10 Å². The van der Waals surface area contributed by atoms with E-state index < -0.39 is 6.10 Å². The van der Waals surface area contributed by atoms with Crippen LogP contribution in [-0.2, 0) is 4.79 Å². The average Bonchev–Trinajstić information content (AvgIpc) is 2.57. The van der Waals surface area contributed by atoms with Crippen LogP contribution in [0, 0.1) is 6.92 Å². The van der Waals surface area contributed by atoms with E-state index in [2.05, 4.69) is 10.5 Å². The fourth-order valence-corrected chi connectivity index (χ4v) is 2.25. The van der Waals surface area contributed by atoms with E-state index in [0.717, 1.165) is 11.1 Å². The number of aryl methyl sites for hydroxylation is 1. The van der Waals surface area contributed by atoms with Crippen LogP contribution in [0.15, 0.2) is 47.6 Å². The van der Waals surface area contributed by atoms with E-state index in [1.54, 1.807) is 32.2 Å². The fraction of sp³-hybridized carbons (Fsp3) is 0.222. The zero-order valence-corrected chi connectivity index (χ0v) is 14.5. The molecule has 0 saturated heterocycles. The summed E-state index contributed by atoms with van der Waals surface area (Å²) in [5.74, 6) is 0.933. The number of benzene rings is 2. The lowest BCUT2D eigenvalue weighted by Gasteiger charge is -2.15. The Bertz CT molecular complexity index is 747. The SMILES string of the molecule is COc1ccccc1C=NNC(=O)C(C)Oc1ccc(Cl)cc1C. The number of amides is 1. The molecule has 24 heavy (non-hydrogen) atoms. The first-order chi connectivity index (χ1) is 11.5. The largest absolute Gasteiger partial charge is 0.496 e. The lowest BCUT2D eigenvalue weighted by Crippen LogP contribution is -2.33. The minimum absolute atomic E-state index is 0.351. The molecule has 2 rings (SSSR count). The second kappa shape index (κ2) is 8.36. The number of carbonyl (C=O) groups is 1. The van der Waals surface area contributed by atoms with E-state index in [0.29, 0.717) is 16.5 Å². The maximum Gasteiger partial charge on any atom is 0.280 e. The molecule has 2 aromatic rings. The number of nitrogens with one attached hydrogen (secondary N) is 1. The second-order valence-electron chi connectivity index (χ2n) is 5.15. The maximum atomic E-state index is 12.1. The van der Waals surface area contributed by atoms with Gasteiger partial charge >= 0.3 is 0 Å². The van der Waals surface area contributed by atoms with Crippen LogP contribution in [0.25, 0.3) is 0 Å². The summed E-state index contributed by atoms with van der Waals surface area (Å²) < 4.78 is 10.9. The van der Waals surface area contributed by atoms with Crippen molar-refractivity contribution in [1.29, 1.82) is 0 Å². The topological polar surface area (TPSA) is 59.9 Å². The highest BCUT2D eigenvalue weighted by Crippen LogP contribution is 2.22. The van der Waals surface area contributed by atoms with Crippen LogP contribution in [0.5, 0.6) is 11.5 Å². The summed E-state index contributed by atoms with van der Waals surface area (Å²) in [6.45, 7) is 3.52. The van der Waals surface area contributed by atoms with E-state index in [9.17, 15) is 4.79 Å². The molecule has 0 aliphatic rings. The van der Waals surface area contributed by atoms with E-state index in [4.69, 9.17) is 21.1 Å². The number of hydrazone groups is 1. The van der Waals surface area contributed by atoms with Gasteiger partial charge in [-0.1, -0.05) is 23.7 Å². The van der Waals surface area contributed by atoms with Crippen molar-refractivity contribution in [2.24, 2.45) is 5.10 Å². The quantitative estimate of drug-likeness (QED) is 0.642. The molecule has 0 bridgehead atoms. The first-order valence-corrected chi connectivity index (χ1v) is 7.78. The highest BCUT2D eigenvalue weighted by Gasteiger charge is 2.15. The normalized spacial score (nSPS) is 12.0. The van der Waals surface area contributed by atoms with Crippen molar-refractivity contribution in [2.45, 2.75) is 20.0 Å². The van der Waals surface area contributed by atoms with Crippen LogP contribution in [0.4, 0.5) is 0 Å². The number of methoxy groups -OCH3 is 1. The van der Waals surface area contributed by atoms with E-state index >= 15 is 0 Å². The molecule has 0 radical (unpaired) electrons. The summed E-state index contributed by atoms with van der Waals surface area (Å²) in [6.07, 6.45) is 0.830. The smallest absolute Gasteiger partial charge is 0.280 e. The molecule has 1 unspecified atom stereocenters. The second-order valence-corrected chi connectivity index (χ2v) is 5.58. The van der Waals surface area contributed by atoms with Crippen LogP contribution < -0.4 is 14.9 Å². The standard InChI is InChI=1S/C18H19ClN2O3/c1-12-10-15(19)8-9-16(12)24-13(2)18(22)21-20-11-14-6-4-5-7-17(14)23-3/h4-11,13H,1-3H3,(H,21,22). The number of hydrogen-bond donors (Lipinski definition) is 1. The summed E-state index contributed by atoms with van der Waals surface area (Å²) >= 11 is 5.90. The van der Waals surface area contributed by atoms with Gasteiger partial charge in [0.2, 0.25) is 0 Å². The van der Waals surface area contributed by atoms with Crippen molar-refractivity contribution < 1.29 is 14.3 Å². The molecule has 2 aromatic carbocycles. The molecule has 0 aliphatic heterocycles.